The van der Waals surface area contributed by atoms with Gasteiger partial charge in [0.15, 0.2) is 0 Å². The van der Waals surface area contributed by atoms with Gasteiger partial charge in [0, 0.05) is 21.8 Å². The van der Waals surface area contributed by atoms with E-state index in [0.29, 0.717) is 4.88 Å². The van der Waals surface area contributed by atoms with Crippen molar-refractivity contribution in [2.75, 3.05) is 17.8 Å². The van der Waals surface area contributed by atoms with Crippen LogP contribution in [0.5, 0.6) is 0 Å². The Morgan fingerprint density at radius 3 is 2.14 bits per heavy atom. The molecule has 0 spiro atoms. The normalized spacial score (nSPS) is 15.0. The number of hydrogen-bond acceptors (Lipinski definition) is 7. The van der Waals surface area contributed by atoms with Crippen LogP contribution >= 0.6 is 22.0 Å². The summed E-state index contributed by atoms with van der Waals surface area (Å²) in [6.45, 7) is 1.52. The van der Waals surface area contributed by atoms with E-state index in [-0.39, 0.29) is 4.21 Å². The topological polar surface area (TPSA) is 114 Å². The predicted molar refractivity (Wildman–Crippen MR) is 82.4 cm³/mol. The van der Waals surface area contributed by atoms with Crippen LogP contribution in [0.2, 0.25) is 0 Å². The molecule has 1 aromatic rings. The lowest BCUT2D eigenvalue weighted by molar-refractivity contribution is 0.567. The maximum Gasteiger partial charge on any atom is 0.270 e. The molecule has 1 atom stereocenters. The van der Waals surface area contributed by atoms with Gasteiger partial charge in [-0.25, -0.2) is 30.0 Å². The quantitative estimate of drug-likeness (QED) is 0.679. The summed E-state index contributed by atoms with van der Waals surface area (Å²) in [5, 5.41) is 0. The maximum absolute atomic E-state index is 11.7. The maximum atomic E-state index is 11.7. The molecule has 1 aromatic heterocycles. The Morgan fingerprint density at radius 2 is 1.71 bits per heavy atom. The fourth-order valence-corrected chi connectivity index (χ4v) is 6.39. The van der Waals surface area contributed by atoms with Crippen molar-refractivity contribution in [1.82, 2.24) is 4.72 Å². The second kappa shape index (κ2) is 6.50. The molecule has 0 aromatic carbocycles. The summed E-state index contributed by atoms with van der Waals surface area (Å²) in [4.78, 5) is 0.456. The van der Waals surface area contributed by atoms with Gasteiger partial charge in [-0.2, -0.15) is 0 Å². The first-order chi connectivity index (χ1) is 9.30. The zero-order chi connectivity index (χ0) is 16.5. The Bertz CT molecular complexity index is 808. The molecule has 122 valence electrons. The molecular formula is C9H14ClNO6S4. The van der Waals surface area contributed by atoms with Gasteiger partial charge in [0.2, 0.25) is 10.0 Å². The van der Waals surface area contributed by atoms with E-state index in [0.717, 1.165) is 17.6 Å². The first-order valence-corrected chi connectivity index (χ1v) is 12.4. The van der Waals surface area contributed by atoms with E-state index in [9.17, 15) is 25.3 Å². The number of sulfone groups is 1. The van der Waals surface area contributed by atoms with Crippen LogP contribution in [0, 0.1) is 0 Å². The Morgan fingerprint density at radius 1 is 1.14 bits per heavy atom. The molecule has 0 radical (unpaired) electrons. The van der Waals surface area contributed by atoms with Gasteiger partial charge < -0.3 is 0 Å². The minimum Gasteiger partial charge on any atom is -0.229 e. The lowest BCUT2D eigenvalue weighted by Crippen LogP contribution is -2.31. The Kier molecular flexibility index (Phi) is 5.84. The number of sulfonamides is 1. The minimum atomic E-state index is -3.85. The third kappa shape index (κ3) is 6.61. The number of nitrogens with one attached hydrogen (secondary N) is 1. The Hall–Kier alpha value is -0.200. The second-order valence-corrected chi connectivity index (χ2v) is 12.4. The molecule has 7 nitrogen and oxygen atoms in total. The third-order valence-corrected chi connectivity index (χ3v) is 8.37. The molecule has 0 aliphatic heterocycles. The molecule has 0 amide bonds. The first kappa shape index (κ1) is 18.8. The standard InChI is InChI=1S/C9H14ClNO6S4/c1-7(8-3-4-9(18-8)21(10,16)17)11-20(14,15)6-5-19(2,12)13/h3-4,7,11H,5-6H2,1-2H3. The number of halogens is 1. The lowest BCUT2D eigenvalue weighted by atomic mass is 10.3. The molecule has 1 heterocycles. The largest absolute Gasteiger partial charge is 0.270 e. The van der Waals surface area contributed by atoms with Crippen LogP contribution in [0.1, 0.15) is 17.8 Å². The highest BCUT2D eigenvalue weighted by atomic mass is 35.7. The predicted octanol–water partition coefficient (Wildman–Crippen LogP) is 0.701. The summed E-state index contributed by atoms with van der Waals surface area (Å²) in [6, 6.07) is 2.04. The molecular weight excluding hydrogens is 382 g/mol. The van der Waals surface area contributed by atoms with E-state index in [2.05, 4.69) is 4.72 Å². The number of rotatable bonds is 7. The van der Waals surface area contributed by atoms with Gasteiger partial charge in [-0.3, -0.25) is 0 Å². The smallest absolute Gasteiger partial charge is 0.229 e. The highest BCUT2D eigenvalue weighted by Gasteiger charge is 2.21. The van der Waals surface area contributed by atoms with Crippen molar-refractivity contribution in [1.29, 1.82) is 0 Å². The van der Waals surface area contributed by atoms with Crippen molar-refractivity contribution in [2.24, 2.45) is 0 Å². The zero-order valence-corrected chi connectivity index (χ0v) is 15.1. The lowest BCUT2D eigenvalue weighted by Gasteiger charge is -2.12. The molecule has 0 saturated heterocycles. The average Bonchev–Trinajstić information content (AvgIpc) is 2.74. The van der Waals surface area contributed by atoms with Crippen molar-refractivity contribution >= 4 is 50.9 Å². The summed E-state index contributed by atoms with van der Waals surface area (Å²) in [5.41, 5.74) is 0. The van der Waals surface area contributed by atoms with E-state index in [1.807, 2.05) is 0 Å². The molecule has 1 N–H and O–H groups in total. The van der Waals surface area contributed by atoms with Crippen LogP contribution in [0.25, 0.3) is 0 Å². The van der Waals surface area contributed by atoms with E-state index in [4.69, 9.17) is 10.7 Å². The molecule has 0 fully saturated rings. The second-order valence-electron chi connectivity index (χ2n) is 4.38. The average molecular weight is 396 g/mol. The van der Waals surface area contributed by atoms with Crippen LogP contribution in [0.15, 0.2) is 16.3 Å². The highest BCUT2D eigenvalue weighted by Crippen LogP contribution is 2.29. The van der Waals surface area contributed by atoms with Crippen LogP contribution in [-0.2, 0) is 28.9 Å². The molecule has 0 bridgehead atoms. The van der Waals surface area contributed by atoms with Gasteiger partial charge in [-0.15, -0.1) is 11.3 Å². The molecule has 1 unspecified atom stereocenters. The van der Waals surface area contributed by atoms with Gasteiger partial charge in [0.1, 0.15) is 14.0 Å². The summed E-state index contributed by atoms with van der Waals surface area (Å²) >= 11 is 0.847. The molecule has 12 heteroatoms. The van der Waals surface area contributed by atoms with Crippen molar-refractivity contribution in [3.63, 3.8) is 0 Å². The van der Waals surface area contributed by atoms with Gasteiger partial charge in [0.05, 0.1) is 17.5 Å². The molecule has 21 heavy (non-hydrogen) atoms. The monoisotopic (exact) mass is 395 g/mol. The van der Waals surface area contributed by atoms with Crippen LogP contribution in [0.3, 0.4) is 0 Å². The number of hydrogen-bond donors (Lipinski definition) is 1. The fourth-order valence-electron chi connectivity index (χ4n) is 1.35. The molecule has 0 aliphatic rings. The summed E-state index contributed by atoms with van der Waals surface area (Å²) in [7, 11) is -5.85. The van der Waals surface area contributed by atoms with E-state index >= 15 is 0 Å². The molecule has 0 saturated carbocycles. The molecule has 1 rings (SSSR count). The third-order valence-electron chi connectivity index (χ3n) is 2.35. The first-order valence-electron chi connectivity index (χ1n) is 5.52. The summed E-state index contributed by atoms with van der Waals surface area (Å²) < 4.78 is 69.9. The van der Waals surface area contributed by atoms with Crippen molar-refractivity contribution < 1.29 is 25.3 Å². The van der Waals surface area contributed by atoms with Gasteiger partial charge in [0.25, 0.3) is 9.05 Å². The van der Waals surface area contributed by atoms with E-state index in [1.165, 1.54) is 19.1 Å². The van der Waals surface area contributed by atoms with Crippen LogP contribution < -0.4 is 4.72 Å². The zero-order valence-electron chi connectivity index (χ0n) is 11.1. The minimum absolute atomic E-state index is 0.0821. The fraction of sp³-hybridized carbons (Fsp3) is 0.556. The van der Waals surface area contributed by atoms with Crippen molar-refractivity contribution in [3.8, 4) is 0 Å². The summed E-state index contributed by atoms with van der Waals surface area (Å²) in [6.07, 6.45) is 0.947. The number of thiophene rings is 1. The highest BCUT2D eigenvalue weighted by molar-refractivity contribution is 8.15. The van der Waals surface area contributed by atoms with E-state index < -0.39 is 46.5 Å². The van der Waals surface area contributed by atoms with Crippen LogP contribution in [0.4, 0.5) is 0 Å². The van der Waals surface area contributed by atoms with Crippen LogP contribution in [-0.4, -0.2) is 43.0 Å². The van der Waals surface area contributed by atoms with Crippen molar-refractivity contribution in [3.05, 3.63) is 17.0 Å². The van der Waals surface area contributed by atoms with Gasteiger partial charge in [-0.05, 0) is 19.1 Å². The van der Waals surface area contributed by atoms with Crippen molar-refractivity contribution in [2.45, 2.75) is 17.2 Å². The molecule has 0 aliphatic carbocycles. The summed E-state index contributed by atoms with van der Waals surface area (Å²) in [5.74, 6) is -1.04. The Balaban J connectivity index is 2.81. The Labute approximate surface area is 132 Å². The SMILES string of the molecule is CC(NS(=O)(=O)CCS(C)(=O)=O)c1ccc(S(=O)(=O)Cl)s1. The van der Waals surface area contributed by atoms with Gasteiger partial charge >= 0.3 is 0 Å². The van der Waals surface area contributed by atoms with Gasteiger partial charge in [-0.1, -0.05) is 0 Å². The van der Waals surface area contributed by atoms with E-state index in [1.54, 1.807) is 0 Å².